The fourth-order valence-corrected chi connectivity index (χ4v) is 1.09. The zero-order valence-corrected chi connectivity index (χ0v) is 9.10. The molecule has 0 aliphatic rings. The fourth-order valence-electron chi connectivity index (χ4n) is 0.539. The molecule has 0 saturated heterocycles. The van der Waals surface area contributed by atoms with Gasteiger partial charge in [0.25, 0.3) is 0 Å². The summed E-state index contributed by atoms with van der Waals surface area (Å²) in [6.07, 6.45) is 1.82. The van der Waals surface area contributed by atoms with E-state index in [1.54, 1.807) is 7.11 Å². The van der Waals surface area contributed by atoms with Crippen LogP contribution in [0.1, 0.15) is 6.92 Å². The third kappa shape index (κ3) is 7.62. The third-order valence-corrected chi connectivity index (χ3v) is 1.81. The zero-order valence-electron chi connectivity index (χ0n) is 8.10. The molecule has 0 bridgehead atoms. The molecule has 0 unspecified atom stereocenters. The lowest BCUT2D eigenvalue weighted by Crippen LogP contribution is -2.22. The molecule has 2 nitrogen and oxygen atoms in total. The molecule has 11 heavy (non-hydrogen) atoms. The largest absolute Gasteiger partial charge is 0.550 e. The van der Waals surface area contributed by atoms with Gasteiger partial charge in [0.05, 0.1) is 12.9 Å². The summed E-state index contributed by atoms with van der Waals surface area (Å²) in [5.41, 5.74) is 1.13. The molecule has 0 aromatic heterocycles. The maximum Gasteiger partial charge on any atom is 0.241 e. The molecule has 0 aliphatic heterocycles. The first-order valence-electron chi connectivity index (χ1n) is 3.78. The minimum atomic E-state index is -1.38. The van der Waals surface area contributed by atoms with Gasteiger partial charge in [0.15, 0.2) is 0 Å². The van der Waals surface area contributed by atoms with Crippen LogP contribution in [0.3, 0.4) is 0 Å². The summed E-state index contributed by atoms with van der Waals surface area (Å²) in [4.78, 5) is 0. The van der Waals surface area contributed by atoms with E-state index in [1.807, 2.05) is 13.2 Å². The minimum absolute atomic E-state index is 0.657. The van der Waals surface area contributed by atoms with E-state index in [2.05, 4.69) is 19.6 Å². The van der Waals surface area contributed by atoms with Crippen LogP contribution in [-0.4, -0.2) is 22.0 Å². The van der Waals surface area contributed by atoms with Crippen molar-refractivity contribution >= 4 is 8.32 Å². The van der Waals surface area contributed by atoms with Gasteiger partial charge in [-0.05, 0) is 32.1 Å². The topological polar surface area (TPSA) is 18.5 Å². The molecule has 0 spiro atoms. The van der Waals surface area contributed by atoms with Crippen LogP contribution in [0.15, 0.2) is 11.8 Å². The van der Waals surface area contributed by atoms with Gasteiger partial charge in [0.1, 0.15) is 0 Å². The Kier molecular flexibility index (Phi) is 4.45. The Morgan fingerprint density at radius 1 is 1.36 bits per heavy atom. The highest BCUT2D eigenvalue weighted by Gasteiger charge is 2.13. The maximum absolute atomic E-state index is 5.54. The molecule has 0 radical (unpaired) electrons. The van der Waals surface area contributed by atoms with Gasteiger partial charge in [-0.25, -0.2) is 0 Å². The van der Waals surface area contributed by atoms with Crippen molar-refractivity contribution in [3.8, 4) is 0 Å². The summed E-state index contributed by atoms with van der Waals surface area (Å²) < 4.78 is 10.5. The van der Waals surface area contributed by atoms with Crippen molar-refractivity contribution in [3.05, 3.63) is 11.8 Å². The molecule has 0 atom stereocenters. The van der Waals surface area contributed by atoms with Crippen LogP contribution >= 0.6 is 0 Å². The van der Waals surface area contributed by atoms with Gasteiger partial charge < -0.3 is 9.16 Å². The summed E-state index contributed by atoms with van der Waals surface area (Å²) in [5, 5.41) is 0. The molecule has 0 rings (SSSR count). The average Bonchev–Trinajstić information content (AvgIpc) is 1.83. The Balaban J connectivity index is 3.73. The fraction of sp³-hybridized carbons (Fsp3) is 0.750. The van der Waals surface area contributed by atoms with Gasteiger partial charge in [-0.2, -0.15) is 0 Å². The normalized spacial score (nSPS) is 13.4. The van der Waals surface area contributed by atoms with Gasteiger partial charge >= 0.3 is 0 Å². The molecule has 0 heterocycles. The molecule has 0 aromatic rings. The van der Waals surface area contributed by atoms with Gasteiger partial charge in [0, 0.05) is 7.11 Å². The standard InChI is InChI=1S/C8H18O2Si/c1-8(6-9-2)7-10-11(3,4)5/h7H,6H2,1-5H3/b8-7+. The monoisotopic (exact) mass is 174 g/mol. The summed E-state index contributed by atoms with van der Waals surface area (Å²) in [7, 11) is 0.305. The van der Waals surface area contributed by atoms with Gasteiger partial charge in [-0.15, -0.1) is 0 Å². The first kappa shape index (κ1) is 10.7. The first-order chi connectivity index (χ1) is 4.95. The summed E-state index contributed by atoms with van der Waals surface area (Å²) in [6.45, 7) is 9.13. The van der Waals surface area contributed by atoms with Crippen molar-refractivity contribution in [2.24, 2.45) is 0 Å². The Labute approximate surface area is 70.3 Å². The molecule has 0 aliphatic carbocycles. The molecule has 0 aromatic carbocycles. The Bertz CT molecular complexity index is 136. The lowest BCUT2D eigenvalue weighted by Gasteiger charge is -2.15. The molecule has 66 valence electrons. The van der Waals surface area contributed by atoms with Crippen molar-refractivity contribution in [2.75, 3.05) is 13.7 Å². The van der Waals surface area contributed by atoms with Crippen molar-refractivity contribution in [1.29, 1.82) is 0 Å². The third-order valence-electron chi connectivity index (χ3n) is 0.986. The highest BCUT2D eigenvalue weighted by atomic mass is 28.4. The quantitative estimate of drug-likeness (QED) is 0.481. The van der Waals surface area contributed by atoms with E-state index >= 15 is 0 Å². The zero-order chi connectivity index (χ0) is 8.91. The second-order valence-electron chi connectivity index (χ2n) is 3.63. The number of methoxy groups -OCH3 is 1. The Morgan fingerprint density at radius 2 is 1.91 bits per heavy atom. The number of rotatable bonds is 4. The van der Waals surface area contributed by atoms with E-state index in [9.17, 15) is 0 Å². The van der Waals surface area contributed by atoms with Crippen molar-refractivity contribution in [1.82, 2.24) is 0 Å². The molecule has 0 N–H and O–H groups in total. The smallest absolute Gasteiger partial charge is 0.241 e. The highest BCUT2D eigenvalue weighted by Crippen LogP contribution is 2.05. The van der Waals surface area contributed by atoms with E-state index in [4.69, 9.17) is 9.16 Å². The van der Waals surface area contributed by atoms with E-state index in [0.717, 1.165) is 5.57 Å². The van der Waals surface area contributed by atoms with E-state index in [1.165, 1.54) is 0 Å². The molecule has 3 heteroatoms. The predicted octanol–water partition coefficient (Wildman–Crippen LogP) is 2.39. The first-order valence-corrected chi connectivity index (χ1v) is 7.19. The van der Waals surface area contributed by atoms with Crippen molar-refractivity contribution in [3.63, 3.8) is 0 Å². The van der Waals surface area contributed by atoms with E-state index in [-0.39, 0.29) is 0 Å². The highest BCUT2D eigenvalue weighted by molar-refractivity contribution is 6.69. The van der Waals surface area contributed by atoms with Gasteiger partial charge in [0.2, 0.25) is 8.32 Å². The van der Waals surface area contributed by atoms with Crippen molar-refractivity contribution < 1.29 is 9.16 Å². The molecular weight excluding hydrogens is 156 g/mol. The van der Waals surface area contributed by atoms with Gasteiger partial charge in [-0.3, -0.25) is 0 Å². The van der Waals surface area contributed by atoms with Crippen LogP contribution in [0.4, 0.5) is 0 Å². The van der Waals surface area contributed by atoms with E-state index < -0.39 is 8.32 Å². The average molecular weight is 174 g/mol. The number of hydrogen-bond donors (Lipinski definition) is 0. The lowest BCUT2D eigenvalue weighted by atomic mass is 10.4. The maximum atomic E-state index is 5.54. The predicted molar refractivity (Wildman–Crippen MR) is 50.1 cm³/mol. The number of ether oxygens (including phenoxy) is 1. The van der Waals surface area contributed by atoms with Crippen LogP contribution in [0, 0.1) is 0 Å². The SMILES string of the molecule is COC/C(C)=C/O[Si](C)(C)C. The molecule has 0 fully saturated rings. The summed E-state index contributed by atoms with van der Waals surface area (Å²) in [5.74, 6) is 0. The Morgan fingerprint density at radius 3 is 2.27 bits per heavy atom. The van der Waals surface area contributed by atoms with E-state index in [0.29, 0.717) is 6.61 Å². The lowest BCUT2D eigenvalue weighted by molar-refractivity contribution is 0.223. The van der Waals surface area contributed by atoms with Crippen molar-refractivity contribution in [2.45, 2.75) is 26.6 Å². The van der Waals surface area contributed by atoms with Crippen LogP contribution in [0.2, 0.25) is 19.6 Å². The molecular formula is C8H18O2Si. The van der Waals surface area contributed by atoms with Crippen LogP contribution < -0.4 is 0 Å². The minimum Gasteiger partial charge on any atom is -0.550 e. The van der Waals surface area contributed by atoms with Crippen LogP contribution in [0.5, 0.6) is 0 Å². The summed E-state index contributed by atoms with van der Waals surface area (Å²) in [6, 6.07) is 0. The second-order valence-corrected chi connectivity index (χ2v) is 8.09. The Hall–Kier alpha value is -0.283. The second kappa shape index (κ2) is 4.57. The molecule has 0 amide bonds. The van der Waals surface area contributed by atoms with Crippen LogP contribution in [0.25, 0.3) is 0 Å². The van der Waals surface area contributed by atoms with Gasteiger partial charge in [-0.1, -0.05) is 0 Å². The van der Waals surface area contributed by atoms with Crippen LogP contribution in [-0.2, 0) is 9.16 Å². The number of hydrogen-bond acceptors (Lipinski definition) is 2. The molecule has 0 saturated carbocycles. The summed E-state index contributed by atoms with van der Waals surface area (Å²) >= 11 is 0.